The Balaban J connectivity index is 1.33. The van der Waals surface area contributed by atoms with Crippen molar-refractivity contribution in [3.8, 4) is 0 Å². The first-order valence-electron chi connectivity index (χ1n) is 11.6. The van der Waals surface area contributed by atoms with Crippen molar-refractivity contribution in [2.45, 2.75) is 67.0 Å². The summed E-state index contributed by atoms with van der Waals surface area (Å²) in [5.41, 5.74) is 2.82. The van der Waals surface area contributed by atoms with E-state index in [1.54, 1.807) is 0 Å². The van der Waals surface area contributed by atoms with Crippen molar-refractivity contribution in [2.24, 2.45) is 40.9 Å². The smallest absolute Gasteiger partial charge is 0.161 e. The van der Waals surface area contributed by atoms with Crippen molar-refractivity contribution < 1.29 is 18.9 Å². The standard InChI is InChI=1S/C25H40O4/c1-15-7-17(3)21(18(4)8-15)23-26-11-25(12-27-23)13-28-24(29-14-25)22-19(5)9-16(2)10-20(22)6/h7,9,17-24H,8,10-14H2,1-6H3/t17-,18+,19-,20+,21-,22+,23?,24?,25?/m1/s1. The molecule has 2 fully saturated rings. The van der Waals surface area contributed by atoms with Crippen molar-refractivity contribution >= 4 is 0 Å². The Labute approximate surface area is 177 Å². The first kappa shape index (κ1) is 21.5. The zero-order chi connectivity index (χ0) is 20.8. The van der Waals surface area contributed by atoms with Crippen LogP contribution in [-0.4, -0.2) is 39.0 Å². The largest absolute Gasteiger partial charge is 0.351 e. The molecule has 0 aromatic carbocycles. The molecule has 6 atom stereocenters. The lowest BCUT2D eigenvalue weighted by Crippen LogP contribution is -2.56. The van der Waals surface area contributed by atoms with E-state index in [9.17, 15) is 0 Å². The van der Waals surface area contributed by atoms with Crippen LogP contribution in [0.15, 0.2) is 23.3 Å². The zero-order valence-corrected chi connectivity index (χ0v) is 19.1. The van der Waals surface area contributed by atoms with Crippen molar-refractivity contribution in [1.82, 2.24) is 0 Å². The molecule has 0 radical (unpaired) electrons. The van der Waals surface area contributed by atoms with Crippen molar-refractivity contribution in [3.05, 3.63) is 23.3 Å². The Kier molecular flexibility index (Phi) is 6.28. The Morgan fingerprint density at radius 1 is 0.655 bits per heavy atom. The number of allylic oxidation sites excluding steroid dienone is 4. The van der Waals surface area contributed by atoms with Gasteiger partial charge in [0, 0.05) is 11.8 Å². The van der Waals surface area contributed by atoms with Crippen LogP contribution in [0, 0.1) is 40.9 Å². The minimum absolute atomic E-state index is 0.112. The first-order valence-corrected chi connectivity index (χ1v) is 11.6. The lowest BCUT2D eigenvalue weighted by atomic mass is 9.74. The quantitative estimate of drug-likeness (QED) is 0.593. The third-order valence-corrected chi connectivity index (χ3v) is 7.75. The summed E-state index contributed by atoms with van der Waals surface area (Å²) in [7, 11) is 0. The maximum Gasteiger partial charge on any atom is 0.161 e. The van der Waals surface area contributed by atoms with Gasteiger partial charge in [-0.05, 0) is 50.4 Å². The van der Waals surface area contributed by atoms with Gasteiger partial charge in [-0.3, -0.25) is 0 Å². The first-order chi connectivity index (χ1) is 13.8. The molecule has 4 rings (SSSR count). The maximum atomic E-state index is 6.30. The molecule has 0 amide bonds. The lowest BCUT2D eigenvalue weighted by Gasteiger charge is -2.49. The molecule has 29 heavy (non-hydrogen) atoms. The molecule has 2 heterocycles. The van der Waals surface area contributed by atoms with E-state index in [0.29, 0.717) is 61.9 Å². The highest BCUT2D eigenvalue weighted by molar-refractivity contribution is 5.10. The zero-order valence-electron chi connectivity index (χ0n) is 19.1. The van der Waals surface area contributed by atoms with Crippen LogP contribution in [0.3, 0.4) is 0 Å². The summed E-state index contributed by atoms with van der Waals surface area (Å²) in [4.78, 5) is 0. The third kappa shape index (κ3) is 4.37. The fourth-order valence-electron chi connectivity index (χ4n) is 6.44. The molecule has 0 unspecified atom stereocenters. The summed E-state index contributed by atoms with van der Waals surface area (Å²) in [5, 5.41) is 0. The van der Waals surface area contributed by atoms with Crippen LogP contribution in [0.5, 0.6) is 0 Å². The van der Waals surface area contributed by atoms with E-state index < -0.39 is 0 Å². The maximum absolute atomic E-state index is 6.30. The Morgan fingerprint density at radius 2 is 1.00 bits per heavy atom. The van der Waals surface area contributed by atoms with Crippen molar-refractivity contribution in [2.75, 3.05) is 26.4 Å². The molecule has 0 bridgehead atoms. The topological polar surface area (TPSA) is 36.9 Å². The van der Waals surface area contributed by atoms with Crippen LogP contribution in [0.1, 0.15) is 54.4 Å². The van der Waals surface area contributed by atoms with Crippen LogP contribution in [0.4, 0.5) is 0 Å². The van der Waals surface area contributed by atoms with Gasteiger partial charge in [0.05, 0.1) is 31.8 Å². The number of rotatable bonds is 2. The molecule has 2 saturated heterocycles. The van der Waals surface area contributed by atoms with E-state index in [4.69, 9.17) is 18.9 Å². The molecule has 2 aliphatic carbocycles. The molecule has 4 heteroatoms. The van der Waals surface area contributed by atoms with E-state index >= 15 is 0 Å². The normalized spacial score (nSPS) is 48.9. The summed E-state index contributed by atoms with van der Waals surface area (Å²) >= 11 is 0. The molecule has 1 spiro atoms. The van der Waals surface area contributed by atoms with Gasteiger partial charge in [-0.25, -0.2) is 0 Å². The molecule has 0 aromatic heterocycles. The second-order valence-corrected chi connectivity index (χ2v) is 10.7. The SMILES string of the molecule is CC1=C[C@@H](C)[C@@H](C2OCC3(CO2)COC([C@H]2[C@H](C)C=C(C)C[C@@H]2C)OC3)[C@@H](C)C1. The summed E-state index contributed by atoms with van der Waals surface area (Å²) in [6.07, 6.45) is 6.84. The van der Waals surface area contributed by atoms with Gasteiger partial charge in [-0.2, -0.15) is 0 Å². The van der Waals surface area contributed by atoms with E-state index in [1.165, 1.54) is 11.1 Å². The molecule has 4 aliphatic rings. The van der Waals surface area contributed by atoms with Gasteiger partial charge < -0.3 is 18.9 Å². The highest BCUT2D eigenvalue weighted by Crippen LogP contribution is 2.43. The second kappa shape index (κ2) is 8.45. The fourth-order valence-corrected chi connectivity index (χ4v) is 6.44. The third-order valence-electron chi connectivity index (χ3n) is 7.75. The number of hydrogen-bond donors (Lipinski definition) is 0. The van der Waals surface area contributed by atoms with Crippen molar-refractivity contribution in [1.29, 1.82) is 0 Å². The van der Waals surface area contributed by atoms with Gasteiger partial charge >= 0.3 is 0 Å². The monoisotopic (exact) mass is 404 g/mol. The van der Waals surface area contributed by atoms with Crippen molar-refractivity contribution in [3.63, 3.8) is 0 Å². The predicted octanol–water partition coefficient (Wildman–Crippen LogP) is 5.20. The Bertz CT molecular complexity index is 578. The minimum atomic E-state index is -0.160. The van der Waals surface area contributed by atoms with Crippen LogP contribution < -0.4 is 0 Å². The Hall–Kier alpha value is -0.680. The van der Waals surface area contributed by atoms with Gasteiger partial charge in [-0.15, -0.1) is 0 Å². The predicted molar refractivity (Wildman–Crippen MR) is 114 cm³/mol. The molecule has 0 aromatic rings. The summed E-state index contributed by atoms with van der Waals surface area (Å²) in [5.74, 6) is 3.01. The Morgan fingerprint density at radius 3 is 1.31 bits per heavy atom. The number of hydrogen-bond acceptors (Lipinski definition) is 4. The molecule has 4 nitrogen and oxygen atoms in total. The molecule has 2 aliphatic heterocycles. The summed E-state index contributed by atoms with van der Waals surface area (Å²) < 4.78 is 25.2. The second-order valence-electron chi connectivity index (χ2n) is 10.7. The van der Waals surface area contributed by atoms with E-state index in [0.717, 1.165) is 12.8 Å². The van der Waals surface area contributed by atoms with Crippen LogP contribution in [0.25, 0.3) is 0 Å². The molecule has 0 N–H and O–H groups in total. The van der Waals surface area contributed by atoms with Crippen LogP contribution >= 0.6 is 0 Å². The average molecular weight is 405 g/mol. The molecular weight excluding hydrogens is 364 g/mol. The number of ether oxygens (including phenoxy) is 4. The fraction of sp³-hybridized carbons (Fsp3) is 0.840. The highest BCUT2D eigenvalue weighted by Gasteiger charge is 2.47. The van der Waals surface area contributed by atoms with Gasteiger partial charge in [0.25, 0.3) is 0 Å². The van der Waals surface area contributed by atoms with E-state index in [1.807, 2.05) is 0 Å². The van der Waals surface area contributed by atoms with E-state index in [-0.39, 0.29) is 18.0 Å². The van der Waals surface area contributed by atoms with Crippen LogP contribution in [0.2, 0.25) is 0 Å². The van der Waals surface area contributed by atoms with Gasteiger partial charge in [-0.1, -0.05) is 51.0 Å². The molecule has 0 saturated carbocycles. The molecular formula is C25H40O4. The average Bonchev–Trinajstić information content (AvgIpc) is 2.63. The van der Waals surface area contributed by atoms with E-state index in [2.05, 4.69) is 53.7 Å². The van der Waals surface area contributed by atoms with Gasteiger partial charge in [0.1, 0.15) is 0 Å². The lowest BCUT2D eigenvalue weighted by molar-refractivity contribution is -0.327. The van der Waals surface area contributed by atoms with Gasteiger partial charge in [0.15, 0.2) is 12.6 Å². The van der Waals surface area contributed by atoms with Gasteiger partial charge in [0.2, 0.25) is 0 Å². The summed E-state index contributed by atoms with van der Waals surface area (Å²) in [6, 6.07) is 0. The molecule has 164 valence electrons. The van der Waals surface area contributed by atoms with Crippen LogP contribution in [-0.2, 0) is 18.9 Å². The minimum Gasteiger partial charge on any atom is -0.351 e. The summed E-state index contributed by atoms with van der Waals surface area (Å²) in [6.45, 7) is 16.4. The highest BCUT2D eigenvalue weighted by atomic mass is 16.7.